The van der Waals surface area contributed by atoms with Crippen molar-refractivity contribution >= 4 is 11.4 Å². The summed E-state index contributed by atoms with van der Waals surface area (Å²) in [5.41, 5.74) is 8.17. The quantitative estimate of drug-likeness (QED) is 0.721. The molecule has 1 saturated carbocycles. The average molecular weight is 248 g/mol. The molecule has 3 nitrogen and oxygen atoms in total. The predicted octanol–water partition coefficient (Wildman–Crippen LogP) is 2.93. The van der Waals surface area contributed by atoms with Crippen LogP contribution < -0.4 is 11.1 Å². The first-order valence-corrected chi connectivity index (χ1v) is 6.81. The van der Waals surface area contributed by atoms with Crippen LogP contribution in [0.25, 0.3) is 0 Å². The number of aryl methyl sites for hydroxylation is 1. The van der Waals surface area contributed by atoms with Gasteiger partial charge in [-0.2, -0.15) is 0 Å². The van der Waals surface area contributed by atoms with Crippen molar-refractivity contribution in [2.75, 3.05) is 17.6 Å². The fourth-order valence-corrected chi connectivity index (χ4v) is 2.85. The molecule has 1 aromatic carbocycles. The van der Waals surface area contributed by atoms with E-state index in [2.05, 4.69) is 12.2 Å². The molecule has 1 fully saturated rings. The van der Waals surface area contributed by atoms with E-state index in [4.69, 9.17) is 5.73 Å². The van der Waals surface area contributed by atoms with Gasteiger partial charge in [0.25, 0.3) is 0 Å². The molecule has 1 aliphatic carbocycles. The summed E-state index contributed by atoms with van der Waals surface area (Å²) in [6, 6.07) is 5.91. The van der Waals surface area contributed by atoms with Gasteiger partial charge in [-0.15, -0.1) is 0 Å². The summed E-state index contributed by atoms with van der Waals surface area (Å²) < 4.78 is 0. The second kappa shape index (κ2) is 5.19. The van der Waals surface area contributed by atoms with E-state index in [-0.39, 0.29) is 0 Å². The van der Waals surface area contributed by atoms with Crippen LogP contribution in [0.4, 0.5) is 11.4 Å². The van der Waals surface area contributed by atoms with E-state index in [1.807, 2.05) is 25.1 Å². The van der Waals surface area contributed by atoms with Gasteiger partial charge in [-0.25, -0.2) is 0 Å². The lowest BCUT2D eigenvalue weighted by Gasteiger charge is -2.36. The van der Waals surface area contributed by atoms with Crippen molar-refractivity contribution in [2.45, 2.75) is 45.1 Å². The molecule has 2 unspecified atom stereocenters. The first-order valence-electron chi connectivity index (χ1n) is 6.81. The van der Waals surface area contributed by atoms with Crippen molar-refractivity contribution in [3.63, 3.8) is 0 Å². The normalized spacial score (nSPS) is 28.1. The molecule has 2 rings (SSSR count). The molecule has 1 aliphatic rings. The zero-order valence-electron chi connectivity index (χ0n) is 11.4. The third-order valence-electron chi connectivity index (χ3n) is 3.96. The second-order valence-electron chi connectivity index (χ2n) is 5.85. The molecule has 0 aromatic heterocycles. The summed E-state index contributed by atoms with van der Waals surface area (Å²) in [4.78, 5) is 0. The molecule has 4 N–H and O–H groups in total. The molecule has 0 bridgehead atoms. The van der Waals surface area contributed by atoms with Crippen LogP contribution in [0.3, 0.4) is 0 Å². The van der Waals surface area contributed by atoms with Crippen molar-refractivity contribution in [3.05, 3.63) is 23.8 Å². The molecule has 1 aromatic rings. The lowest BCUT2D eigenvalue weighted by Crippen LogP contribution is -2.41. The number of aliphatic hydroxyl groups is 1. The highest BCUT2D eigenvalue weighted by atomic mass is 16.3. The average Bonchev–Trinajstić information content (AvgIpc) is 2.31. The fraction of sp³-hybridized carbons (Fsp3) is 0.600. The highest BCUT2D eigenvalue weighted by molar-refractivity contribution is 5.56. The van der Waals surface area contributed by atoms with Gasteiger partial charge in [-0.05, 0) is 49.4 Å². The summed E-state index contributed by atoms with van der Waals surface area (Å²) >= 11 is 0. The van der Waals surface area contributed by atoms with Crippen LogP contribution >= 0.6 is 0 Å². The molecule has 2 atom stereocenters. The van der Waals surface area contributed by atoms with Crippen molar-refractivity contribution in [1.29, 1.82) is 0 Å². The van der Waals surface area contributed by atoms with E-state index in [9.17, 15) is 5.11 Å². The Balaban J connectivity index is 1.96. The molecular formula is C15H24N2O. The van der Waals surface area contributed by atoms with Gasteiger partial charge >= 0.3 is 0 Å². The number of nitrogen functional groups attached to an aromatic ring is 1. The monoisotopic (exact) mass is 248 g/mol. The smallest absolute Gasteiger partial charge is 0.0821 e. The first kappa shape index (κ1) is 13.2. The lowest BCUT2D eigenvalue weighted by molar-refractivity contribution is -0.000761. The van der Waals surface area contributed by atoms with Crippen LogP contribution in [0.2, 0.25) is 0 Å². The van der Waals surface area contributed by atoms with Crippen LogP contribution in [0, 0.1) is 12.8 Å². The minimum absolute atomic E-state index is 0.549. The first-order chi connectivity index (χ1) is 8.48. The minimum atomic E-state index is -0.549. The largest absolute Gasteiger partial charge is 0.399 e. The van der Waals surface area contributed by atoms with Gasteiger partial charge in [0, 0.05) is 17.9 Å². The summed E-state index contributed by atoms with van der Waals surface area (Å²) in [6.07, 6.45) is 4.16. The van der Waals surface area contributed by atoms with Gasteiger partial charge in [0.2, 0.25) is 0 Å². The highest BCUT2D eigenvalue weighted by Gasteiger charge is 2.32. The molecule has 0 heterocycles. The van der Waals surface area contributed by atoms with Crippen molar-refractivity contribution in [2.24, 2.45) is 5.92 Å². The standard InChI is InChI=1S/C15H24N2O/c1-11-4-3-7-15(18,9-11)10-17-13-5-6-14(16)12(2)8-13/h5-6,8,11,17-18H,3-4,7,9-10,16H2,1-2H3. The van der Waals surface area contributed by atoms with E-state index in [1.54, 1.807) is 0 Å². The molecule has 18 heavy (non-hydrogen) atoms. The molecule has 0 amide bonds. The van der Waals surface area contributed by atoms with E-state index < -0.39 is 5.60 Å². The van der Waals surface area contributed by atoms with Gasteiger partial charge in [0.05, 0.1) is 5.60 Å². The SMILES string of the molecule is Cc1cc(NCC2(O)CCCC(C)C2)ccc1N. The van der Waals surface area contributed by atoms with E-state index in [0.717, 1.165) is 36.2 Å². The number of nitrogens with one attached hydrogen (secondary N) is 1. The van der Waals surface area contributed by atoms with Crippen LogP contribution in [0.1, 0.15) is 38.2 Å². The zero-order valence-corrected chi connectivity index (χ0v) is 11.4. The number of hydrogen-bond donors (Lipinski definition) is 3. The van der Waals surface area contributed by atoms with Crippen molar-refractivity contribution < 1.29 is 5.11 Å². The molecule has 0 spiro atoms. The Kier molecular flexibility index (Phi) is 3.81. The maximum absolute atomic E-state index is 10.5. The van der Waals surface area contributed by atoms with Gasteiger partial charge in [0.1, 0.15) is 0 Å². The molecular weight excluding hydrogens is 224 g/mol. The Labute approximate surface area is 109 Å². The van der Waals surface area contributed by atoms with E-state index >= 15 is 0 Å². The highest BCUT2D eigenvalue weighted by Crippen LogP contribution is 2.32. The molecule has 0 aliphatic heterocycles. The fourth-order valence-electron chi connectivity index (χ4n) is 2.85. The number of rotatable bonds is 3. The Morgan fingerprint density at radius 1 is 1.50 bits per heavy atom. The summed E-state index contributed by atoms with van der Waals surface area (Å²) in [5, 5.41) is 13.9. The maximum atomic E-state index is 10.5. The predicted molar refractivity (Wildman–Crippen MR) is 76.7 cm³/mol. The second-order valence-corrected chi connectivity index (χ2v) is 5.85. The minimum Gasteiger partial charge on any atom is -0.399 e. The van der Waals surface area contributed by atoms with Crippen LogP contribution in [0.5, 0.6) is 0 Å². The number of benzene rings is 1. The van der Waals surface area contributed by atoms with Crippen LogP contribution in [-0.2, 0) is 0 Å². The number of anilines is 2. The van der Waals surface area contributed by atoms with Crippen LogP contribution in [-0.4, -0.2) is 17.3 Å². The number of hydrogen-bond acceptors (Lipinski definition) is 3. The Morgan fingerprint density at radius 3 is 2.94 bits per heavy atom. The summed E-state index contributed by atoms with van der Waals surface area (Å²) in [5.74, 6) is 0.624. The third kappa shape index (κ3) is 3.16. The molecule has 100 valence electrons. The van der Waals surface area contributed by atoms with Crippen molar-refractivity contribution in [3.8, 4) is 0 Å². The third-order valence-corrected chi connectivity index (χ3v) is 3.96. The lowest BCUT2D eigenvalue weighted by atomic mass is 9.79. The maximum Gasteiger partial charge on any atom is 0.0821 e. The number of nitrogens with two attached hydrogens (primary N) is 1. The molecule has 0 radical (unpaired) electrons. The van der Waals surface area contributed by atoms with Gasteiger partial charge in [0.15, 0.2) is 0 Å². The van der Waals surface area contributed by atoms with Gasteiger partial charge in [-0.3, -0.25) is 0 Å². The Morgan fingerprint density at radius 2 is 2.28 bits per heavy atom. The summed E-state index contributed by atoms with van der Waals surface area (Å²) in [7, 11) is 0. The Bertz CT molecular complexity index is 419. The van der Waals surface area contributed by atoms with Crippen molar-refractivity contribution in [1.82, 2.24) is 0 Å². The zero-order chi connectivity index (χ0) is 13.2. The molecule has 0 saturated heterocycles. The Hall–Kier alpha value is -1.22. The summed E-state index contributed by atoms with van der Waals surface area (Å²) in [6.45, 7) is 4.84. The van der Waals surface area contributed by atoms with Gasteiger partial charge in [-0.1, -0.05) is 19.8 Å². The van der Waals surface area contributed by atoms with Gasteiger partial charge < -0.3 is 16.2 Å². The van der Waals surface area contributed by atoms with Crippen LogP contribution in [0.15, 0.2) is 18.2 Å². The topological polar surface area (TPSA) is 58.3 Å². The molecule has 3 heteroatoms. The van der Waals surface area contributed by atoms with E-state index in [0.29, 0.717) is 12.5 Å². The van der Waals surface area contributed by atoms with E-state index in [1.165, 1.54) is 6.42 Å².